The molecule has 0 aromatic heterocycles. The molecule has 3 aliphatic rings. The molecule has 116 valence electrons. The zero-order valence-corrected chi connectivity index (χ0v) is 13.2. The molecular weight excluding hydrogens is 272 g/mol. The molecule has 0 amide bonds. The number of fused-ring (bicyclic) bond motifs is 5. The summed E-state index contributed by atoms with van der Waals surface area (Å²) in [6.45, 7) is 2.36. The van der Waals surface area contributed by atoms with Crippen LogP contribution in [-0.2, 0) is 6.42 Å². The van der Waals surface area contributed by atoms with Crippen molar-refractivity contribution in [2.75, 3.05) is 0 Å². The lowest BCUT2D eigenvalue weighted by atomic mass is 9.52. The minimum atomic E-state index is -0.894. The van der Waals surface area contributed by atoms with Crippen molar-refractivity contribution in [3.63, 3.8) is 0 Å². The Hall–Kier alpha value is -1.46. The first kappa shape index (κ1) is 14.2. The van der Waals surface area contributed by atoms with Crippen molar-refractivity contribution >= 4 is 0 Å². The van der Waals surface area contributed by atoms with Crippen LogP contribution in [0.1, 0.15) is 56.1 Å². The van der Waals surface area contributed by atoms with Crippen molar-refractivity contribution in [3.05, 3.63) is 29.3 Å². The topological polar surface area (TPSA) is 40.5 Å². The monoisotopic (exact) mass is 296 g/mol. The van der Waals surface area contributed by atoms with Crippen molar-refractivity contribution in [3.8, 4) is 18.1 Å². The van der Waals surface area contributed by atoms with Gasteiger partial charge in [-0.15, -0.1) is 6.42 Å². The summed E-state index contributed by atoms with van der Waals surface area (Å²) in [5.74, 6) is 4.49. The van der Waals surface area contributed by atoms with Crippen LogP contribution in [0, 0.1) is 29.6 Å². The molecule has 3 aliphatic carbocycles. The maximum Gasteiger partial charge on any atom is 0.128 e. The molecule has 2 N–H and O–H groups in total. The largest absolute Gasteiger partial charge is 0.508 e. The smallest absolute Gasteiger partial charge is 0.128 e. The molecule has 2 saturated carbocycles. The fourth-order valence-electron chi connectivity index (χ4n) is 5.93. The van der Waals surface area contributed by atoms with E-state index in [1.807, 2.05) is 12.1 Å². The molecule has 0 saturated heterocycles. The standard InChI is InChI=1S/C20H24O2/c1-3-20(22)11-10-19(2)17-8-4-13-12-14(21)5-6-15(13)16(17)7-9-18(19)20/h1,5-6,12,16-18,21-22H,4,7-11H2,2H3. The Kier molecular flexibility index (Phi) is 2.91. The van der Waals surface area contributed by atoms with Crippen LogP contribution in [0.15, 0.2) is 18.2 Å². The third-order valence-electron chi connectivity index (χ3n) is 7.02. The number of aromatic hydroxyl groups is 1. The molecule has 0 heterocycles. The molecule has 2 nitrogen and oxygen atoms in total. The van der Waals surface area contributed by atoms with Gasteiger partial charge in [0.25, 0.3) is 0 Å². The summed E-state index contributed by atoms with van der Waals surface area (Å²) in [5.41, 5.74) is 1.99. The Bertz CT molecular complexity index is 658. The van der Waals surface area contributed by atoms with Crippen LogP contribution < -0.4 is 0 Å². The second-order valence-corrected chi connectivity index (χ2v) is 7.84. The predicted molar refractivity (Wildman–Crippen MR) is 86.5 cm³/mol. The number of hydrogen-bond donors (Lipinski definition) is 2. The van der Waals surface area contributed by atoms with E-state index in [4.69, 9.17) is 6.42 Å². The van der Waals surface area contributed by atoms with Crippen LogP contribution in [0.2, 0.25) is 0 Å². The molecule has 2 fully saturated rings. The van der Waals surface area contributed by atoms with Gasteiger partial charge in [-0.1, -0.05) is 18.9 Å². The minimum absolute atomic E-state index is 0.152. The van der Waals surface area contributed by atoms with Gasteiger partial charge in [0.2, 0.25) is 0 Å². The first-order valence-electron chi connectivity index (χ1n) is 8.50. The van der Waals surface area contributed by atoms with Gasteiger partial charge >= 0.3 is 0 Å². The van der Waals surface area contributed by atoms with E-state index in [-0.39, 0.29) is 11.3 Å². The molecule has 0 radical (unpaired) electrons. The molecular formula is C20H24O2. The molecule has 2 heteroatoms. The predicted octanol–water partition coefficient (Wildman–Crippen LogP) is 3.61. The van der Waals surface area contributed by atoms with Gasteiger partial charge in [0.05, 0.1) is 0 Å². The Labute approximate surface area is 132 Å². The Morgan fingerprint density at radius 3 is 2.82 bits per heavy atom. The maximum absolute atomic E-state index is 10.8. The number of benzene rings is 1. The van der Waals surface area contributed by atoms with Gasteiger partial charge < -0.3 is 10.2 Å². The molecule has 22 heavy (non-hydrogen) atoms. The van der Waals surface area contributed by atoms with Crippen LogP contribution in [0.25, 0.3) is 0 Å². The highest BCUT2D eigenvalue weighted by molar-refractivity contribution is 5.40. The quantitative estimate of drug-likeness (QED) is 0.718. The van der Waals surface area contributed by atoms with Crippen molar-refractivity contribution in [2.45, 2.75) is 57.0 Å². The van der Waals surface area contributed by atoms with Gasteiger partial charge in [-0.25, -0.2) is 0 Å². The van der Waals surface area contributed by atoms with E-state index >= 15 is 0 Å². The van der Waals surface area contributed by atoms with E-state index in [0.717, 1.165) is 38.5 Å². The van der Waals surface area contributed by atoms with Gasteiger partial charge in [-0.05, 0) is 79.0 Å². The summed E-state index contributed by atoms with van der Waals surface area (Å²) < 4.78 is 0. The van der Waals surface area contributed by atoms with Gasteiger partial charge in [-0.2, -0.15) is 0 Å². The third kappa shape index (κ3) is 1.72. The first-order valence-corrected chi connectivity index (χ1v) is 8.50. The van der Waals surface area contributed by atoms with Crippen molar-refractivity contribution in [1.29, 1.82) is 0 Å². The van der Waals surface area contributed by atoms with E-state index < -0.39 is 5.60 Å². The maximum atomic E-state index is 10.8. The Balaban J connectivity index is 1.74. The minimum Gasteiger partial charge on any atom is -0.508 e. The summed E-state index contributed by atoms with van der Waals surface area (Å²) in [5, 5.41) is 20.5. The molecule has 1 aromatic rings. The SMILES string of the molecule is C#CC1(O)CCC2(C)C3CCc4cc(O)ccc4C3CCC12. The average Bonchev–Trinajstić information content (AvgIpc) is 2.79. The molecule has 4 rings (SSSR count). The number of aryl methyl sites for hydroxylation is 1. The van der Waals surface area contributed by atoms with Crippen molar-refractivity contribution in [2.24, 2.45) is 17.3 Å². The molecule has 1 aromatic carbocycles. The zero-order chi connectivity index (χ0) is 15.5. The van der Waals surface area contributed by atoms with E-state index in [9.17, 15) is 10.2 Å². The van der Waals surface area contributed by atoms with E-state index in [1.165, 1.54) is 11.1 Å². The lowest BCUT2D eigenvalue weighted by molar-refractivity contribution is -0.0377. The molecule has 0 aliphatic heterocycles. The van der Waals surface area contributed by atoms with E-state index in [1.54, 1.807) is 0 Å². The summed E-state index contributed by atoms with van der Waals surface area (Å²) in [6.07, 6.45) is 11.7. The van der Waals surface area contributed by atoms with Crippen LogP contribution in [0.4, 0.5) is 0 Å². The van der Waals surface area contributed by atoms with Crippen LogP contribution in [0.3, 0.4) is 0 Å². The average molecular weight is 296 g/mol. The second kappa shape index (κ2) is 4.52. The van der Waals surface area contributed by atoms with Crippen molar-refractivity contribution in [1.82, 2.24) is 0 Å². The summed E-state index contributed by atoms with van der Waals surface area (Å²) in [6, 6.07) is 5.88. The van der Waals surface area contributed by atoms with Gasteiger partial charge in [-0.3, -0.25) is 0 Å². The number of hydrogen-bond acceptors (Lipinski definition) is 2. The van der Waals surface area contributed by atoms with Crippen LogP contribution in [0.5, 0.6) is 5.75 Å². The molecule has 5 atom stereocenters. The fourth-order valence-corrected chi connectivity index (χ4v) is 5.93. The van der Waals surface area contributed by atoms with Crippen LogP contribution in [-0.4, -0.2) is 15.8 Å². The highest BCUT2D eigenvalue weighted by Crippen LogP contribution is 2.64. The van der Waals surface area contributed by atoms with E-state index in [0.29, 0.717) is 17.6 Å². The lowest BCUT2D eigenvalue weighted by Gasteiger charge is -2.52. The molecule has 0 bridgehead atoms. The second-order valence-electron chi connectivity index (χ2n) is 7.84. The van der Waals surface area contributed by atoms with Gasteiger partial charge in [0.15, 0.2) is 0 Å². The van der Waals surface area contributed by atoms with E-state index in [2.05, 4.69) is 18.9 Å². The number of phenolic OH excluding ortho intramolecular Hbond substituents is 1. The summed E-state index contributed by atoms with van der Waals surface area (Å²) >= 11 is 0. The Morgan fingerprint density at radius 2 is 2.05 bits per heavy atom. The zero-order valence-electron chi connectivity index (χ0n) is 13.2. The Morgan fingerprint density at radius 1 is 1.23 bits per heavy atom. The highest BCUT2D eigenvalue weighted by atomic mass is 16.3. The lowest BCUT2D eigenvalue weighted by Crippen LogP contribution is -2.47. The highest BCUT2D eigenvalue weighted by Gasteiger charge is 2.60. The van der Waals surface area contributed by atoms with Crippen LogP contribution >= 0.6 is 0 Å². The molecule has 0 spiro atoms. The number of terminal acetylenes is 1. The fraction of sp³-hybridized carbons (Fsp3) is 0.600. The number of aliphatic hydroxyl groups is 1. The number of phenols is 1. The van der Waals surface area contributed by atoms with Gasteiger partial charge in [0.1, 0.15) is 11.4 Å². The number of rotatable bonds is 0. The van der Waals surface area contributed by atoms with Crippen molar-refractivity contribution < 1.29 is 10.2 Å². The van der Waals surface area contributed by atoms with Gasteiger partial charge in [0, 0.05) is 5.92 Å². The normalized spacial score (nSPS) is 42.9. The molecule has 5 unspecified atom stereocenters. The summed E-state index contributed by atoms with van der Waals surface area (Å²) in [7, 11) is 0. The summed E-state index contributed by atoms with van der Waals surface area (Å²) in [4.78, 5) is 0. The third-order valence-corrected chi connectivity index (χ3v) is 7.02. The first-order chi connectivity index (χ1) is 10.5.